The Morgan fingerprint density at radius 2 is 1.57 bits per heavy atom. The smallest absolute Gasteiger partial charge is 0.326 e. The minimum absolute atomic E-state index is 0.0757. The average molecular weight is 294 g/mol. The van der Waals surface area contributed by atoms with Crippen LogP contribution in [0.3, 0.4) is 0 Å². The van der Waals surface area contributed by atoms with Gasteiger partial charge in [0, 0.05) is 25.6 Å². The first-order valence-electron chi connectivity index (χ1n) is 7.90. The molecular formula is C15H22N2O4. The third kappa shape index (κ3) is 2.89. The van der Waals surface area contributed by atoms with Crippen molar-refractivity contribution < 1.29 is 19.5 Å². The van der Waals surface area contributed by atoms with Gasteiger partial charge in [-0.15, -0.1) is 0 Å². The largest absolute Gasteiger partial charge is 0.480 e. The predicted octanol–water partition coefficient (Wildman–Crippen LogP) is 0.711. The summed E-state index contributed by atoms with van der Waals surface area (Å²) in [6.45, 7) is 1.74. The Kier molecular flexibility index (Phi) is 3.87. The molecule has 1 unspecified atom stereocenters. The number of piperidine rings is 1. The van der Waals surface area contributed by atoms with E-state index in [9.17, 15) is 19.5 Å². The topological polar surface area (TPSA) is 77.9 Å². The number of carbonyl (C=O) groups excluding carboxylic acids is 2. The molecule has 1 N–H and O–H groups in total. The highest BCUT2D eigenvalue weighted by atomic mass is 16.4. The van der Waals surface area contributed by atoms with Crippen LogP contribution >= 0.6 is 0 Å². The summed E-state index contributed by atoms with van der Waals surface area (Å²) < 4.78 is 0. The number of nitrogens with zero attached hydrogens (tertiary/aromatic N) is 2. The lowest BCUT2D eigenvalue weighted by Crippen LogP contribution is -2.49. The Hall–Kier alpha value is -1.59. The van der Waals surface area contributed by atoms with Gasteiger partial charge in [0.25, 0.3) is 0 Å². The third-order valence-electron chi connectivity index (χ3n) is 4.83. The van der Waals surface area contributed by atoms with Crippen LogP contribution in [-0.2, 0) is 14.4 Å². The van der Waals surface area contributed by atoms with Crippen molar-refractivity contribution >= 4 is 17.8 Å². The summed E-state index contributed by atoms with van der Waals surface area (Å²) in [6.07, 6.45) is 4.83. The molecule has 3 aliphatic rings. The summed E-state index contributed by atoms with van der Waals surface area (Å²) in [5, 5.41) is 9.19. The second-order valence-electron chi connectivity index (χ2n) is 6.43. The van der Waals surface area contributed by atoms with Gasteiger partial charge < -0.3 is 14.9 Å². The molecule has 0 spiro atoms. The molecule has 0 radical (unpaired) electrons. The molecule has 3 rings (SSSR count). The van der Waals surface area contributed by atoms with Crippen LogP contribution in [0.25, 0.3) is 0 Å². The molecule has 0 bridgehead atoms. The number of carbonyl (C=O) groups is 3. The van der Waals surface area contributed by atoms with E-state index in [4.69, 9.17) is 0 Å². The maximum Gasteiger partial charge on any atom is 0.326 e. The number of carboxylic acid groups (broad SMARTS) is 1. The van der Waals surface area contributed by atoms with Crippen LogP contribution in [0.1, 0.15) is 38.5 Å². The maximum absolute atomic E-state index is 12.6. The summed E-state index contributed by atoms with van der Waals surface area (Å²) in [5.41, 5.74) is 0. The van der Waals surface area contributed by atoms with E-state index in [1.54, 1.807) is 0 Å². The van der Waals surface area contributed by atoms with Gasteiger partial charge in [-0.05, 0) is 38.5 Å². The second-order valence-corrected chi connectivity index (χ2v) is 6.43. The van der Waals surface area contributed by atoms with Crippen molar-refractivity contribution in [2.75, 3.05) is 19.6 Å². The standard InChI is InChI=1S/C15H22N2O4/c18-13(10-5-6-10)16-7-1-3-11(9-16)14(19)17-8-2-4-12(17)15(20)21/h10-12H,1-9H2,(H,20,21)/t11?,12-/m1/s1. The van der Waals surface area contributed by atoms with Gasteiger partial charge in [0.1, 0.15) is 6.04 Å². The number of carboxylic acids is 1. The predicted molar refractivity (Wildman–Crippen MR) is 74.4 cm³/mol. The summed E-state index contributed by atoms with van der Waals surface area (Å²) in [7, 11) is 0. The molecular weight excluding hydrogens is 272 g/mol. The number of rotatable bonds is 3. The normalized spacial score (nSPS) is 29.5. The van der Waals surface area contributed by atoms with E-state index in [0.29, 0.717) is 19.5 Å². The molecule has 1 saturated carbocycles. The van der Waals surface area contributed by atoms with Crippen molar-refractivity contribution in [1.82, 2.24) is 9.80 Å². The van der Waals surface area contributed by atoms with Gasteiger partial charge in [0.2, 0.25) is 11.8 Å². The third-order valence-corrected chi connectivity index (χ3v) is 4.83. The van der Waals surface area contributed by atoms with Crippen LogP contribution in [-0.4, -0.2) is 58.4 Å². The fraction of sp³-hybridized carbons (Fsp3) is 0.800. The molecule has 116 valence electrons. The average Bonchev–Trinajstić information content (AvgIpc) is 3.22. The van der Waals surface area contributed by atoms with Gasteiger partial charge in [0.15, 0.2) is 0 Å². The minimum atomic E-state index is -0.914. The van der Waals surface area contributed by atoms with Crippen molar-refractivity contribution in [3.63, 3.8) is 0 Å². The molecule has 2 atom stereocenters. The van der Waals surface area contributed by atoms with Crippen molar-refractivity contribution in [3.8, 4) is 0 Å². The Balaban J connectivity index is 1.63. The molecule has 6 heteroatoms. The van der Waals surface area contributed by atoms with Crippen LogP contribution in [0, 0.1) is 11.8 Å². The van der Waals surface area contributed by atoms with E-state index in [-0.39, 0.29) is 23.7 Å². The van der Waals surface area contributed by atoms with Crippen LogP contribution < -0.4 is 0 Å². The minimum Gasteiger partial charge on any atom is -0.480 e. The quantitative estimate of drug-likeness (QED) is 0.831. The molecule has 2 saturated heterocycles. The number of hydrogen-bond acceptors (Lipinski definition) is 3. The molecule has 21 heavy (non-hydrogen) atoms. The van der Waals surface area contributed by atoms with E-state index in [2.05, 4.69) is 0 Å². The molecule has 2 aliphatic heterocycles. The number of likely N-dealkylation sites (tertiary alicyclic amines) is 2. The highest BCUT2D eigenvalue weighted by Crippen LogP contribution is 2.33. The molecule has 0 aromatic heterocycles. The van der Waals surface area contributed by atoms with Crippen molar-refractivity contribution in [3.05, 3.63) is 0 Å². The first-order chi connectivity index (χ1) is 10.1. The van der Waals surface area contributed by atoms with E-state index in [0.717, 1.165) is 38.6 Å². The second kappa shape index (κ2) is 5.66. The Morgan fingerprint density at radius 3 is 2.24 bits per heavy atom. The highest BCUT2D eigenvalue weighted by molar-refractivity contribution is 5.87. The Labute approximate surface area is 124 Å². The van der Waals surface area contributed by atoms with Gasteiger partial charge in [-0.1, -0.05) is 0 Å². The van der Waals surface area contributed by atoms with Gasteiger partial charge in [-0.3, -0.25) is 9.59 Å². The van der Waals surface area contributed by atoms with E-state index >= 15 is 0 Å². The lowest BCUT2D eigenvalue weighted by atomic mass is 9.95. The molecule has 0 aromatic rings. The molecule has 3 fully saturated rings. The fourth-order valence-electron chi connectivity index (χ4n) is 3.49. The molecule has 1 aliphatic carbocycles. The van der Waals surface area contributed by atoms with Crippen LogP contribution in [0.15, 0.2) is 0 Å². The van der Waals surface area contributed by atoms with E-state index in [1.165, 1.54) is 4.90 Å². The lowest BCUT2D eigenvalue weighted by Gasteiger charge is -2.35. The van der Waals surface area contributed by atoms with E-state index in [1.807, 2.05) is 4.90 Å². The van der Waals surface area contributed by atoms with Crippen LogP contribution in [0.5, 0.6) is 0 Å². The molecule has 2 heterocycles. The molecule has 6 nitrogen and oxygen atoms in total. The zero-order valence-corrected chi connectivity index (χ0v) is 12.2. The van der Waals surface area contributed by atoms with Gasteiger partial charge >= 0.3 is 5.97 Å². The lowest BCUT2D eigenvalue weighted by molar-refractivity contribution is -0.151. The SMILES string of the molecule is O=C(O)[C@H]1CCCN1C(=O)C1CCCN(C(=O)C2CC2)C1. The zero-order chi connectivity index (χ0) is 15.0. The van der Waals surface area contributed by atoms with Gasteiger partial charge in [-0.25, -0.2) is 4.79 Å². The van der Waals surface area contributed by atoms with Crippen molar-refractivity contribution in [2.45, 2.75) is 44.6 Å². The highest BCUT2D eigenvalue weighted by Gasteiger charge is 2.40. The summed E-state index contributed by atoms with van der Waals surface area (Å²) in [6, 6.07) is -0.674. The monoisotopic (exact) mass is 294 g/mol. The van der Waals surface area contributed by atoms with Crippen LogP contribution in [0.4, 0.5) is 0 Å². The number of amides is 2. The Morgan fingerprint density at radius 1 is 0.857 bits per heavy atom. The number of hydrogen-bond donors (Lipinski definition) is 1. The first-order valence-corrected chi connectivity index (χ1v) is 7.90. The van der Waals surface area contributed by atoms with Gasteiger partial charge in [0.05, 0.1) is 5.92 Å². The maximum atomic E-state index is 12.6. The van der Waals surface area contributed by atoms with Crippen LogP contribution in [0.2, 0.25) is 0 Å². The van der Waals surface area contributed by atoms with Crippen molar-refractivity contribution in [1.29, 1.82) is 0 Å². The Bertz CT molecular complexity index is 461. The fourth-order valence-corrected chi connectivity index (χ4v) is 3.49. The summed E-state index contributed by atoms with van der Waals surface area (Å²) in [5.74, 6) is -0.849. The molecule has 0 aromatic carbocycles. The van der Waals surface area contributed by atoms with Crippen molar-refractivity contribution in [2.24, 2.45) is 11.8 Å². The summed E-state index contributed by atoms with van der Waals surface area (Å²) >= 11 is 0. The van der Waals surface area contributed by atoms with Gasteiger partial charge in [-0.2, -0.15) is 0 Å². The first kappa shape index (κ1) is 14.4. The molecule has 2 amide bonds. The number of aliphatic carboxylic acids is 1. The summed E-state index contributed by atoms with van der Waals surface area (Å²) in [4.78, 5) is 39.3. The van der Waals surface area contributed by atoms with E-state index < -0.39 is 12.0 Å². The zero-order valence-electron chi connectivity index (χ0n) is 12.2.